The van der Waals surface area contributed by atoms with E-state index in [2.05, 4.69) is 26.8 Å². The molecule has 1 aromatic heterocycles. The second-order valence-electron chi connectivity index (χ2n) is 6.39. The molecule has 3 aromatic rings. The number of nitrogens with zero attached hydrogens (tertiary/aromatic N) is 2. The van der Waals surface area contributed by atoms with Gasteiger partial charge >= 0.3 is 12.2 Å². The number of carbonyl (C=O) groups excluding carboxylic acids is 1. The molecule has 0 aliphatic heterocycles. The smallest absolute Gasteiger partial charge is 0.352 e. The van der Waals surface area contributed by atoms with Crippen molar-refractivity contribution in [2.75, 3.05) is 11.6 Å². The first kappa shape index (κ1) is 25.8. The van der Waals surface area contributed by atoms with Crippen LogP contribution in [0.25, 0.3) is 11.3 Å². The highest BCUT2D eigenvalue weighted by atomic mass is 32.2. The van der Waals surface area contributed by atoms with Gasteiger partial charge in [-0.05, 0) is 42.2 Å². The summed E-state index contributed by atoms with van der Waals surface area (Å²) < 4.78 is 80.6. The fourth-order valence-corrected chi connectivity index (χ4v) is 3.10. The van der Waals surface area contributed by atoms with E-state index in [4.69, 9.17) is 4.79 Å². The van der Waals surface area contributed by atoms with Crippen molar-refractivity contribution in [2.24, 2.45) is 11.5 Å². The number of hydrogen-bond acceptors (Lipinski definition) is 5. The van der Waals surface area contributed by atoms with Gasteiger partial charge in [0.15, 0.2) is 5.82 Å². The minimum atomic E-state index is -4.56. The van der Waals surface area contributed by atoms with Crippen molar-refractivity contribution in [3.05, 3.63) is 71.2 Å². The zero-order chi connectivity index (χ0) is 24.8. The number of primary amides is 2. The summed E-state index contributed by atoms with van der Waals surface area (Å²) in [4.78, 5) is 16.5. The number of thioether (sulfide) groups is 1. The van der Waals surface area contributed by atoms with Crippen molar-refractivity contribution in [2.45, 2.75) is 11.9 Å². The van der Waals surface area contributed by atoms with Crippen LogP contribution in [0.4, 0.5) is 42.8 Å². The maximum atomic E-state index is 14.1. The van der Waals surface area contributed by atoms with Crippen molar-refractivity contribution in [3.63, 3.8) is 0 Å². The van der Waals surface area contributed by atoms with Gasteiger partial charge in [0.2, 0.25) is 5.95 Å². The maximum absolute atomic E-state index is 14.1. The topological polar surface area (TPSA) is 107 Å². The van der Waals surface area contributed by atoms with Gasteiger partial charge in [-0.3, -0.25) is 0 Å². The molecule has 2 aromatic carbocycles. The molecule has 176 valence electrons. The third-order valence-corrected chi connectivity index (χ3v) is 4.44. The molecule has 6 nitrogen and oxygen atoms in total. The molecular formula is C20H17F6N5OS. The Morgan fingerprint density at radius 3 is 2.30 bits per heavy atom. The number of rotatable bonds is 5. The molecular weight excluding hydrogens is 472 g/mol. The Bertz CT molecular complexity index is 1140. The Hall–Kier alpha value is -3.48. The minimum absolute atomic E-state index is 0.0426. The van der Waals surface area contributed by atoms with Gasteiger partial charge in [0.25, 0.3) is 0 Å². The summed E-state index contributed by atoms with van der Waals surface area (Å²) in [7, 11) is 0. The van der Waals surface area contributed by atoms with E-state index in [0.29, 0.717) is 17.4 Å². The number of carbonyl (C=O) groups is 1. The number of anilines is 2. The van der Waals surface area contributed by atoms with Gasteiger partial charge < -0.3 is 16.8 Å². The van der Waals surface area contributed by atoms with Gasteiger partial charge in [-0.25, -0.2) is 27.9 Å². The monoisotopic (exact) mass is 489 g/mol. The van der Waals surface area contributed by atoms with Crippen LogP contribution in [-0.2, 0) is 11.9 Å². The quantitative estimate of drug-likeness (QED) is 0.427. The fraction of sp³-hybridized carbons (Fsp3) is 0.150. The first-order valence-corrected chi connectivity index (χ1v) is 10.3. The average Bonchev–Trinajstić information content (AvgIpc) is 2.69. The third-order valence-electron chi connectivity index (χ3n) is 3.82. The SMILES string of the molecule is CSCc1cc(Nc2ncc(F)c(-c3ccc(F)cc3F)n2)cc(C(F)(F)F)c1.NC(N)=O. The maximum Gasteiger partial charge on any atom is 0.416 e. The van der Waals surface area contributed by atoms with Gasteiger partial charge in [-0.1, -0.05) is 0 Å². The molecule has 0 aliphatic carbocycles. The van der Waals surface area contributed by atoms with Crippen LogP contribution in [-0.4, -0.2) is 22.3 Å². The highest BCUT2D eigenvalue weighted by Gasteiger charge is 2.31. The van der Waals surface area contributed by atoms with Crippen LogP contribution in [0, 0.1) is 17.5 Å². The molecule has 0 saturated heterocycles. The van der Waals surface area contributed by atoms with E-state index in [9.17, 15) is 26.3 Å². The highest BCUT2D eigenvalue weighted by molar-refractivity contribution is 7.97. The highest BCUT2D eigenvalue weighted by Crippen LogP contribution is 2.33. The van der Waals surface area contributed by atoms with Crippen molar-refractivity contribution < 1.29 is 31.1 Å². The fourth-order valence-electron chi connectivity index (χ4n) is 2.60. The summed E-state index contributed by atoms with van der Waals surface area (Å²) in [5.74, 6) is -2.73. The van der Waals surface area contributed by atoms with Crippen LogP contribution in [0.3, 0.4) is 0 Å². The van der Waals surface area contributed by atoms with Gasteiger partial charge in [0.1, 0.15) is 17.3 Å². The van der Waals surface area contributed by atoms with Crippen LogP contribution in [0.2, 0.25) is 0 Å². The van der Waals surface area contributed by atoms with E-state index < -0.39 is 40.9 Å². The third kappa shape index (κ3) is 7.56. The Morgan fingerprint density at radius 1 is 1.06 bits per heavy atom. The van der Waals surface area contributed by atoms with E-state index in [0.717, 1.165) is 30.5 Å². The molecule has 33 heavy (non-hydrogen) atoms. The molecule has 0 spiro atoms. The molecule has 0 bridgehead atoms. The number of benzene rings is 2. The molecule has 0 aliphatic rings. The lowest BCUT2D eigenvalue weighted by Gasteiger charge is -2.13. The first-order valence-electron chi connectivity index (χ1n) is 8.90. The molecule has 0 atom stereocenters. The average molecular weight is 489 g/mol. The van der Waals surface area contributed by atoms with Gasteiger partial charge in [-0.2, -0.15) is 24.9 Å². The number of halogens is 6. The van der Waals surface area contributed by atoms with Crippen LogP contribution in [0.1, 0.15) is 11.1 Å². The summed E-state index contributed by atoms with van der Waals surface area (Å²) in [6, 6.07) is 5.08. The molecule has 5 N–H and O–H groups in total. The summed E-state index contributed by atoms with van der Waals surface area (Å²) in [6.07, 6.45) is -2.05. The zero-order valence-electron chi connectivity index (χ0n) is 16.9. The van der Waals surface area contributed by atoms with Crippen molar-refractivity contribution in [1.29, 1.82) is 0 Å². The van der Waals surface area contributed by atoms with Gasteiger partial charge in [0, 0.05) is 23.1 Å². The number of alkyl halides is 3. The van der Waals surface area contributed by atoms with Crippen LogP contribution in [0.5, 0.6) is 0 Å². The molecule has 2 amide bonds. The van der Waals surface area contributed by atoms with Gasteiger partial charge in [0.05, 0.1) is 11.8 Å². The Morgan fingerprint density at radius 2 is 1.73 bits per heavy atom. The number of urea groups is 1. The zero-order valence-corrected chi connectivity index (χ0v) is 17.7. The minimum Gasteiger partial charge on any atom is -0.352 e. The first-order chi connectivity index (χ1) is 15.4. The molecule has 13 heteroatoms. The van der Waals surface area contributed by atoms with Crippen molar-refractivity contribution >= 4 is 29.4 Å². The van der Waals surface area contributed by atoms with E-state index in [1.807, 2.05) is 0 Å². The number of hydrogen-bond donors (Lipinski definition) is 3. The van der Waals surface area contributed by atoms with Crippen molar-refractivity contribution in [1.82, 2.24) is 9.97 Å². The predicted molar refractivity (Wildman–Crippen MR) is 113 cm³/mol. The lowest BCUT2D eigenvalue weighted by atomic mass is 10.1. The summed E-state index contributed by atoms with van der Waals surface area (Å²) in [5, 5.41) is 2.59. The van der Waals surface area contributed by atoms with Crippen LogP contribution >= 0.6 is 11.8 Å². The Labute approximate surface area is 188 Å². The number of nitrogens with two attached hydrogens (primary N) is 2. The number of amides is 2. The molecule has 0 unspecified atom stereocenters. The van der Waals surface area contributed by atoms with E-state index in [1.54, 1.807) is 6.26 Å². The van der Waals surface area contributed by atoms with Crippen LogP contribution < -0.4 is 16.8 Å². The molecule has 0 radical (unpaired) electrons. The summed E-state index contributed by atoms with van der Waals surface area (Å²) >= 11 is 1.35. The molecule has 3 rings (SSSR count). The van der Waals surface area contributed by atoms with E-state index in [-0.39, 0.29) is 17.2 Å². The summed E-state index contributed by atoms with van der Waals surface area (Å²) in [6.45, 7) is 0. The second kappa shape index (κ2) is 10.9. The predicted octanol–water partition coefficient (Wildman–Crippen LogP) is 5.21. The van der Waals surface area contributed by atoms with E-state index in [1.165, 1.54) is 17.8 Å². The molecule has 0 saturated carbocycles. The summed E-state index contributed by atoms with van der Waals surface area (Å²) in [5.41, 5.74) is 7.35. The van der Waals surface area contributed by atoms with Crippen LogP contribution in [0.15, 0.2) is 42.6 Å². The number of nitrogens with one attached hydrogen (secondary N) is 1. The molecule has 1 heterocycles. The normalized spacial score (nSPS) is 10.9. The molecule has 0 fully saturated rings. The largest absolute Gasteiger partial charge is 0.416 e. The van der Waals surface area contributed by atoms with Crippen molar-refractivity contribution in [3.8, 4) is 11.3 Å². The lowest BCUT2D eigenvalue weighted by molar-refractivity contribution is -0.137. The van der Waals surface area contributed by atoms with E-state index >= 15 is 0 Å². The number of aromatic nitrogens is 2. The Kier molecular flexibility index (Phi) is 8.51. The second-order valence-corrected chi connectivity index (χ2v) is 7.26. The Balaban J connectivity index is 0.000000890. The standard InChI is InChI=1S/C19H13F6N3S.CH4N2O/c1-29-9-10-4-11(19(23,24)25)6-13(5-10)27-18-26-8-16(22)17(28-18)14-3-2-12(20)7-15(14)21;2-1(3)4/h2-8H,9H2,1H3,(H,26,27,28);(H4,2,3,4). The van der Waals surface area contributed by atoms with Gasteiger partial charge in [-0.15, -0.1) is 0 Å². The lowest BCUT2D eigenvalue weighted by Crippen LogP contribution is -2.18.